The van der Waals surface area contributed by atoms with Gasteiger partial charge in [-0.2, -0.15) is 0 Å². The van der Waals surface area contributed by atoms with Gasteiger partial charge in [-0.15, -0.1) is 0 Å². The standard InChI is InChI=1S/C11H22N2O.H2/c1-4-12-7-10-5-6-13(8-10)11(14)9(2)3;/h9-10,12H,4-8H2,1-3H3;1H. The van der Waals surface area contributed by atoms with Crippen LogP contribution in [0.15, 0.2) is 0 Å². The smallest absolute Gasteiger partial charge is 0.225 e. The zero-order chi connectivity index (χ0) is 10.6. The highest BCUT2D eigenvalue weighted by molar-refractivity contribution is 5.78. The summed E-state index contributed by atoms with van der Waals surface area (Å²) in [4.78, 5) is 13.7. The Hall–Kier alpha value is -0.570. The molecule has 1 aliphatic heterocycles. The van der Waals surface area contributed by atoms with Crippen molar-refractivity contribution >= 4 is 5.91 Å². The van der Waals surface area contributed by atoms with Gasteiger partial charge in [-0.05, 0) is 25.4 Å². The van der Waals surface area contributed by atoms with E-state index in [2.05, 4.69) is 12.2 Å². The monoisotopic (exact) mass is 200 g/mol. The number of nitrogens with one attached hydrogen (secondary N) is 1. The summed E-state index contributed by atoms with van der Waals surface area (Å²) < 4.78 is 0. The Balaban J connectivity index is 0.00000196. The highest BCUT2D eigenvalue weighted by Crippen LogP contribution is 2.17. The zero-order valence-electron chi connectivity index (χ0n) is 9.55. The van der Waals surface area contributed by atoms with E-state index in [0.29, 0.717) is 11.8 Å². The maximum absolute atomic E-state index is 11.7. The van der Waals surface area contributed by atoms with E-state index >= 15 is 0 Å². The Morgan fingerprint density at radius 3 is 2.93 bits per heavy atom. The Labute approximate surface area is 88.3 Å². The van der Waals surface area contributed by atoms with Crippen LogP contribution < -0.4 is 5.32 Å². The van der Waals surface area contributed by atoms with Gasteiger partial charge >= 0.3 is 0 Å². The van der Waals surface area contributed by atoms with Gasteiger partial charge in [-0.25, -0.2) is 0 Å². The van der Waals surface area contributed by atoms with E-state index in [-0.39, 0.29) is 7.34 Å². The van der Waals surface area contributed by atoms with Crippen molar-refractivity contribution in [1.82, 2.24) is 10.2 Å². The molecule has 0 aliphatic carbocycles. The molecule has 0 aromatic carbocycles. The average molecular weight is 200 g/mol. The van der Waals surface area contributed by atoms with Gasteiger partial charge in [0.1, 0.15) is 0 Å². The van der Waals surface area contributed by atoms with Crippen molar-refractivity contribution in [3.63, 3.8) is 0 Å². The van der Waals surface area contributed by atoms with E-state index in [9.17, 15) is 4.79 Å². The Morgan fingerprint density at radius 1 is 1.64 bits per heavy atom. The van der Waals surface area contributed by atoms with Crippen LogP contribution in [0.25, 0.3) is 0 Å². The molecule has 0 radical (unpaired) electrons. The summed E-state index contributed by atoms with van der Waals surface area (Å²) in [7, 11) is 0. The molecule has 1 aliphatic rings. The molecule has 14 heavy (non-hydrogen) atoms. The minimum absolute atomic E-state index is 0. The molecule has 1 amide bonds. The van der Waals surface area contributed by atoms with Crippen molar-refractivity contribution in [3.8, 4) is 0 Å². The van der Waals surface area contributed by atoms with E-state index in [1.165, 1.54) is 0 Å². The number of carbonyl (C=O) groups is 1. The lowest BCUT2D eigenvalue weighted by Gasteiger charge is -2.18. The molecule has 84 valence electrons. The minimum Gasteiger partial charge on any atom is -0.342 e. The van der Waals surface area contributed by atoms with E-state index in [4.69, 9.17) is 0 Å². The topological polar surface area (TPSA) is 32.3 Å². The van der Waals surface area contributed by atoms with Gasteiger partial charge in [0.05, 0.1) is 0 Å². The SMILES string of the molecule is CCNCC1CCN(C(=O)C(C)C)C1.[HH]. The number of hydrogen-bond acceptors (Lipinski definition) is 2. The van der Waals surface area contributed by atoms with Gasteiger partial charge in [0.25, 0.3) is 0 Å². The molecule has 1 fully saturated rings. The Morgan fingerprint density at radius 2 is 2.36 bits per heavy atom. The Kier molecular flexibility index (Phi) is 4.39. The van der Waals surface area contributed by atoms with E-state index < -0.39 is 0 Å². The number of likely N-dealkylation sites (tertiary alicyclic amines) is 1. The second kappa shape index (κ2) is 5.35. The molecule has 1 heterocycles. The molecule has 0 spiro atoms. The summed E-state index contributed by atoms with van der Waals surface area (Å²) in [5.74, 6) is 1.12. The third-order valence-electron chi connectivity index (χ3n) is 2.77. The van der Waals surface area contributed by atoms with Crippen LogP contribution in [-0.2, 0) is 4.79 Å². The van der Waals surface area contributed by atoms with Crippen molar-refractivity contribution in [2.45, 2.75) is 27.2 Å². The normalized spacial score (nSPS) is 22.0. The highest BCUT2D eigenvalue weighted by Gasteiger charge is 2.26. The summed E-state index contributed by atoms with van der Waals surface area (Å²) >= 11 is 0. The van der Waals surface area contributed by atoms with Crippen molar-refractivity contribution in [3.05, 3.63) is 0 Å². The van der Waals surface area contributed by atoms with Crippen molar-refractivity contribution in [2.75, 3.05) is 26.2 Å². The summed E-state index contributed by atoms with van der Waals surface area (Å²) in [5, 5.41) is 3.34. The third kappa shape index (κ3) is 2.98. The quantitative estimate of drug-likeness (QED) is 0.743. The van der Waals surface area contributed by atoms with E-state index in [1.807, 2.05) is 18.7 Å². The van der Waals surface area contributed by atoms with Crippen molar-refractivity contribution in [1.29, 1.82) is 0 Å². The lowest BCUT2D eigenvalue weighted by molar-refractivity contribution is -0.133. The van der Waals surface area contributed by atoms with Crippen LogP contribution in [-0.4, -0.2) is 37.0 Å². The molecule has 3 nitrogen and oxygen atoms in total. The van der Waals surface area contributed by atoms with Crippen LogP contribution in [0.5, 0.6) is 0 Å². The lowest BCUT2D eigenvalue weighted by Crippen LogP contribution is -2.33. The fraction of sp³-hybridized carbons (Fsp3) is 0.909. The largest absolute Gasteiger partial charge is 0.342 e. The molecule has 1 rings (SSSR count). The summed E-state index contributed by atoms with van der Waals surface area (Å²) in [5.41, 5.74) is 0. The first kappa shape index (κ1) is 11.5. The van der Waals surface area contributed by atoms with Gasteiger partial charge in [-0.3, -0.25) is 4.79 Å². The van der Waals surface area contributed by atoms with Crippen molar-refractivity contribution < 1.29 is 6.22 Å². The number of carbonyl (C=O) groups excluding carboxylic acids is 1. The molecular weight excluding hydrogens is 176 g/mol. The average Bonchev–Trinajstić information content (AvgIpc) is 2.61. The minimum atomic E-state index is 0. The van der Waals surface area contributed by atoms with Gasteiger partial charge in [-0.1, -0.05) is 20.8 Å². The van der Waals surface area contributed by atoms with Crippen LogP contribution in [0.4, 0.5) is 0 Å². The number of nitrogens with zero attached hydrogens (tertiary/aromatic N) is 1. The zero-order valence-corrected chi connectivity index (χ0v) is 9.55. The van der Waals surface area contributed by atoms with Crippen LogP contribution in [0, 0.1) is 11.8 Å². The molecule has 1 atom stereocenters. The van der Waals surface area contributed by atoms with Gasteiger partial charge in [0.2, 0.25) is 5.91 Å². The first-order valence-corrected chi connectivity index (χ1v) is 5.64. The number of amides is 1. The van der Waals surface area contributed by atoms with Crippen molar-refractivity contribution in [2.24, 2.45) is 11.8 Å². The highest BCUT2D eigenvalue weighted by atomic mass is 16.2. The fourth-order valence-electron chi connectivity index (χ4n) is 1.91. The summed E-state index contributed by atoms with van der Waals surface area (Å²) in [6, 6.07) is 0. The summed E-state index contributed by atoms with van der Waals surface area (Å²) in [6.07, 6.45) is 1.16. The van der Waals surface area contributed by atoms with Crippen LogP contribution in [0.3, 0.4) is 0 Å². The molecule has 0 saturated carbocycles. The maximum atomic E-state index is 11.7. The van der Waals surface area contributed by atoms with Gasteiger partial charge < -0.3 is 10.2 Å². The molecular formula is C11H24N2O. The molecule has 1 unspecified atom stereocenters. The molecule has 1 N–H and O–H groups in total. The molecule has 3 heteroatoms. The first-order valence-electron chi connectivity index (χ1n) is 5.64. The number of hydrogen-bond donors (Lipinski definition) is 1. The number of rotatable bonds is 4. The van der Waals surface area contributed by atoms with Crippen LogP contribution in [0.1, 0.15) is 28.6 Å². The molecule has 0 aromatic heterocycles. The third-order valence-corrected chi connectivity index (χ3v) is 2.77. The molecule has 0 bridgehead atoms. The van der Waals surface area contributed by atoms with Gasteiger partial charge in [0, 0.05) is 20.4 Å². The van der Waals surface area contributed by atoms with Crippen LogP contribution >= 0.6 is 0 Å². The van der Waals surface area contributed by atoms with E-state index in [0.717, 1.165) is 32.6 Å². The molecule has 0 aromatic rings. The van der Waals surface area contributed by atoms with Gasteiger partial charge in [0.15, 0.2) is 0 Å². The van der Waals surface area contributed by atoms with Crippen LogP contribution in [0.2, 0.25) is 0 Å². The second-order valence-corrected chi connectivity index (χ2v) is 4.40. The molecule has 1 saturated heterocycles. The Bertz CT molecular complexity index is 197. The van der Waals surface area contributed by atoms with E-state index in [1.54, 1.807) is 0 Å². The lowest BCUT2D eigenvalue weighted by atomic mass is 10.1. The summed E-state index contributed by atoms with van der Waals surface area (Å²) in [6.45, 7) is 10.0. The fourth-order valence-corrected chi connectivity index (χ4v) is 1.91. The first-order chi connectivity index (χ1) is 6.65. The second-order valence-electron chi connectivity index (χ2n) is 4.40. The predicted molar refractivity (Wildman–Crippen MR) is 60.2 cm³/mol. The predicted octanol–water partition coefficient (Wildman–Crippen LogP) is 1.35. The maximum Gasteiger partial charge on any atom is 0.225 e.